The third kappa shape index (κ3) is 2.82. The van der Waals surface area contributed by atoms with Crippen molar-refractivity contribution in [2.24, 2.45) is 0 Å². The molecule has 0 radical (unpaired) electrons. The Balaban J connectivity index is 2.03. The Labute approximate surface area is 108 Å². The molecule has 1 atom stereocenters. The number of halogens is 1. The number of nitrogens with zero attached hydrogens (tertiary/aromatic N) is 2. The summed E-state index contributed by atoms with van der Waals surface area (Å²) in [5, 5.41) is 0. The van der Waals surface area contributed by atoms with E-state index in [-0.39, 0.29) is 5.82 Å². The second kappa shape index (κ2) is 5.67. The lowest BCUT2D eigenvalue weighted by Gasteiger charge is -2.39. The minimum absolute atomic E-state index is 0.296. The van der Waals surface area contributed by atoms with Gasteiger partial charge in [0.25, 0.3) is 0 Å². The smallest absolute Gasteiger partial charge is 0.146 e. The summed E-state index contributed by atoms with van der Waals surface area (Å²) in [6.45, 7) is 6.06. The predicted molar refractivity (Wildman–Crippen MR) is 72.8 cm³/mol. The van der Waals surface area contributed by atoms with E-state index in [1.807, 2.05) is 6.07 Å². The highest BCUT2D eigenvalue weighted by Gasteiger charge is 2.23. The van der Waals surface area contributed by atoms with Crippen molar-refractivity contribution in [1.82, 2.24) is 9.80 Å². The third-order valence-corrected chi connectivity index (χ3v) is 3.87. The van der Waals surface area contributed by atoms with Gasteiger partial charge in [0.05, 0.1) is 5.69 Å². The van der Waals surface area contributed by atoms with E-state index in [4.69, 9.17) is 5.73 Å². The normalized spacial score (nSPS) is 22.3. The number of rotatable bonds is 3. The van der Waals surface area contributed by atoms with Gasteiger partial charge in [0.2, 0.25) is 0 Å². The Kier molecular flexibility index (Phi) is 4.19. The standard InChI is InChI=1S/C14H22FN3/c1-3-12-10-18(8-7-17(12)2)9-11-5-4-6-13(15)14(11)16/h4-6,12H,3,7-10,16H2,1-2H3. The van der Waals surface area contributed by atoms with Crippen LogP contribution in [0.3, 0.4) is 0 Å². The molecule has 100 valence electrons. The second-order valence-corrected chi connectivity index (χ2v) is 5.09. The van der Waals surface area contributed by atoms with Crippen molar-refractivity contribution in [2.45, 2.75) is 25.9 Å². The lowest BCUT2D eigenvalue weighted by Crippen LogP contribution is -2.50. The van der Waals surface area contributed by atoms with Gasteiger partial charge in [0, 0.05) is 32.2 Å². The summed E-state index contributed by atoms with van der Waals surface area (Å²) in [4.78, 5) is 4.75. The first-order valence-corrected chi connectivity index (χ1v) is 6.57. The molecule has 0 bridgehead atoms. The van der Waals surface area contributed by atoms with Gasteiger partial charge in [-0.25, -0.2) is 4.39 Å². The molecule has 0 saturated carbocycles. The van der Waals surface area contributed by atoms with Crippen LogP contribution in [0.4, 0.5) is 10.1 Å². The van der Waals surface area contributed by atoms with Gasteiger partial charge >= 0.3 is 0 Å². The van der Waals surface area contributed by atoms with Crippen LogP contribution in [-0.2, 0) is 6.54 Å². The van der Waals surface area contributed by atoms with E-state index < -0.39 is 0 Å². The predicted octanol–water partition coefficient (Wildman–Crippen LogP) is 1.93. The van der Waals surface area contributed by atoms with Crippen molar-refractivity contribution in [3.8, 4) is 0 Å². The molecule has 0 amide bonds. The Morgan fingerprint density at radius 3 is 2.89 bits per heavy atom. The fourth-order valence-electron chi connectivity index (χ4n) is 2.56. The Bertz CT molecular complexity index is 408. The van der Waals surface area contributed by atoms with Crippen molar-refractivity contribution in [3.05, 3.63) is 29.6 Å². The zero-order chi connectivity index (χ0) is 13.1. The van der Waals surface area contributed by atoms with Crippen LogP contribution in [0.1, 0.15) is 18.9 Å². The van der Waals surface area contributed by atoms with E-state index in [9.17, 15) is 4.39 Å². The quantitative estimate of drug-likeness (QED) is 0.833. The molecule has 1 aliphatic rings. The molecule has 1 aromatic carbocycles. The summed E-state index contributed by atoms with van der Waals surface area (Å²) in [6.07, 6.45) is 1.14. The van der Waals surface area contributed by atoms with Crippen molar-refractivity contribution in [1.29, 1.82) is 0 Å². The average molecular weight is 251 g/mol. The number of benzene rings is 1. The summed E-state index contributed by atoms with van der Waals surface area (Å²) in [6, 6.07) is 5.65. The highest BCUT2D eigenvalue weighted by atomic mass is 19.1. The fourth-order valence-corrected chi connectivity index (χ4v) is 2.56. The molecule has 3 nitrogen and oxygen atoms in total. The van der Waals surface area contributed by atoms with E-state index in [2.05, 4.69) is 23.8 Å². The molecule has 2 rings (SSSR count). The van der Waals surface area contributed by atoms with Gasteiger partial charge in [-0.2, -0.15) is 0 Å². The highest BCUT2D eigenvalue weighted by molar-refractivity contribution is 5.47. The van der Waals surface area contributed by atoms with E-state index in [0.29, 0.717) is 11.7 Å². The Morgan fingerprint density at radius 2 is 2.17 bits per heavy atom. The van der Waals surface area contributed by atoms with Crippen LogP contribution < -0.4 is 5.73 Å². The minimum Gasteiger partial charge on any atom is -0.396 e. The SMILES string of the molecule is CCC1CN(Cc2cccc(F)c2N)CCN1C. The first kappa shape index (κ1) is 13.3. The van der Waals surface area contributed by atoms with Crippen LogP contribution in [-0.4, -0.2) is 42.5 Å². The number of hydrogen-bond donors (Lipinski definition) is 1. The van der Waals surface area contributed by atoms with Gasteiger partial charge in [0.15, 0.2) is 0 Å². The molecule has 1 heterocycles. The summed E-state index contributed by atoms with van der Waals surface area (Å²) < 4.78 is 13.4. The Morgan fingerprint density at radius 1 is 1.39 bits per heavy atom. The minimum atomic E-state index is -0.311. The molecule has 1 aliphatic heterocycles. The number of para-hydroxylation sites is 1. The summed E-state index contributed by atoms with van der Waals surface area (Å²) in [5.41, 5.74) is 6.98. The van der Waals surface area contributed by atoms with Crippen molar-refractivity contribution < 1.29 is 4.39 Å². The molecule has 1 aromatic rings. The van der Waals surface area contributed by atoms with Gasteiger partial charge in [-0.05, 0) is 25.1 Å². The van der Waals surface area contributed by atoms with Crippen LogP contribution >= 0.6 is 0 Å². The first-order valence-electron chi connectivity index (χ1n) is 6.57. The van der Waals surface area contributed by atoms with Crippen LogP contribution in [0.25, 0.3) is 0 Å². The number of hydrogen-bond acceptors (Lipinski definition) is 3. The van der Waals surface area contributed by atoms with Crippen LogP contribution in [0, 0.1) is 5.82 Å². The Hall–Kier alpha value is -1.13. The molecule has 2 N–H and O–H groups in total. The van der Waals surface area contributed by atoms with E-state index in [0.717, 1.165) is 38.2 Å². The van der Waals surface area contributed by atoms with Gasteiger partial charge in [-0.3, -0.25) is 4.90 Å². The van der Waals surface area contributed by atoms with Crippen molar-refractivity contribution >= 4 is 5.69 Å². The zero-order valence-corrected chi connectivity index (χ0v) is 11.2. The van der Waals surface area contributed by atoms with E-state index in [1.165, 1.54) is 6.07 Å². The van der Waals surface area contributed by atoms with Gasteiger partial charge in [-0.1, -0.05) is 19.1 Å². The van der Waals surface area contributed by atoms with Crippen LogP contribution in [0.5, 0.6) is 0 Å². The van der Waals surface area contributed by atoms with Crippen molar-refractivity contribution in [2.75, 3.05) is 32.4 Å². The highest BCUT2D eigenvalue weighted by Crippen LogP contribution is 2.20. The van der Waals surface area contributed by atoms with Gasteiger partial charge < -0.3 is 10.6 Å². The number of piperazine rings is 1. The molecule has 0 aliphatic carbocycles. The molecule has 18 heavy (non-hydrogen) atoms. The fraction of sp³-hybridized carbons (Fsp3) is 0.571. The van der Waals surface area contributed by atoms with E-state index >= 15 is 0 Å². The zero-order valence-electron chi connectivity index (χ0n) is 11.2. The maximum Gasteiger partial charge on any atom is 0.146 e. The molecule has 1 unspecified atom stereocenters. The second-order valence-electron chi connectivity index (χ2n) is 5.09. The van der Waals surface area contributed by atoms with Crippen LogP contribution in [0.2, 0.25) is 0 Å². The third-order valence-electron chi connectivity index (χ3n) is 3.87. The number of nitrogen functional groups attached to an aromatic ring is 1. The molecule has 0 aromatic heterocycles. The van der Waals surface area contributed by atoms with E-state index in [1.54, 1.807) is 6.07 Å². The topological polar surface area (TPSA) is 32.5 Å². The summed E-state index contributed by atoms with van der Waals surface area (Å²) in [5.74, 6) is -0.311. The van der Waals surface area contributed by atoms with Gasteiger partial charge in [0.1, 0.15) is 5.82 Å². The monoisotopic (exact) mass is 251 g/mol. The number of nitrogens with two attached hydrogens (primary N) is 1. The maximum atomic E-state index is 13.4. The molecular formula is C14H22FN3. The van der Waals surface area contributed by atoms with Crippen LogP contribution in [0.15, 0.2) is 18.2 Å². The largest absolute Gasteiger partial charge is 0.396 e. The molecule has 0 spiro atoms. The lowest BCUT2D eigenvalue weighted by molar-refractivity contribution is 0.0884. The number of anilines is 1. The average Bonchev–Trinajstić information content (AvgIpc) is 2.37. The first-order chi connectivity index (χ1) is 8.61. The molecular weight excluding hydrogens is 229 g/mol. The van der Waals surface area contributed by atoms with Gasteiger partial charge in [-0.15, -0.1) is 0 Å². The van der Waals surface area contributed by atoms with Crippen molar-refractivity contribution in [3.63, 3.8) is 0 Å². The molecule has 1 saturated heterocycles. The maximum absolute atomic E-state index is 13.4. The molecule has 1 fully saturated rings. The number of likely N-dealkylation sites (N-methyl/N-ethyl adjacent to an activating group) is 1. The summed E-state index contributed by atoms with van der Waals surface area (Å²) >= 11 is 0. The molecule has 4 heteroatoms. The lowest BCUT2D eigenvalue weighted by atomic mass is 10.1. The summed E-state index contributed by atoms with van der Waals surface area (Å²) in [7, 11) is 2.17.